The first-order valence-corrected chi connectivity index (χ1v) is 7.08. The summed E-state index contributed by atoms with van der Waals surface area (Å²) in [6.45, 7) is 4.83. The molecule has 1 fully saturated rings. The number of amides is 1. The molecule has 20 heavy (non-hydrogen) atoms. The molecule has 1 aliphatic rings. The number of nitrogens with one attached hydrogen (secondary N) is 1. The van der Waals surface area contributed by atoms with Gasteiger partial charge in [0.15, 0.2) is 0 Å². The van der Waals surface area contributed by atoms with Gasteiger partial charge in [-0.3, -0.25) is 4.79 Å². The summed E-state index contributed by atoms with van der Waals surface area (Å²) >= 11 is 0. The smallest absolute Gasteiger partial charge is 0.254 e. The highest BCUT2D eigenvalue weighted by Gasteiger charge is 2.17. The molecule has 1 heterocycles. The lowest BCUT2D eigenvalue weighted by Gasteiger charge is -2.29. The monoisotopic (exact) mass is 280 g/mol. The summed E-state index contributed by atoms with van der Waals surface area (Å²) < 4.78 is 13.6. The van der Waals surface area contributed by atoms with Crippen LogP contribution in [0.1, 0.15) is 36.5 Å². The molecular formula is C15H21FN2O2. The highest BCUT2D eigenvalue weighted by molar-refractivity contribution is 5.94. The van der Waals surface area contributed by atoms with E-state index in [0.717, 1.165) is 25.7 Å². The molecule has 110 valence electrons. The van der Waals surface area contributed by atoms with E-state index in [4.69, 9.17) is 5.11 Å². The van der Waals surface area contributed by atoms with Crippen molar-refractivity contribution in [1.29, 1.82) is 0 Å². The minimum atomic E-state index is -0.701. The second-order valence-electron chi connectivity index (χ2n) is 5.40. The second kappa shape index (κ2) is 6.70. The van der Waals surface area contributed by atoms with E-state index < -0.39 is 11.7 Å². The molecule has 1 aromatic carbocycles. The lowest BCUT2D eigenvalue weighted by molar-refractivity contribution is 0.0921. The van der Waals surface area contributed by atoms with Crippen molar-refractivity contribution in [2.45, 2.75) is 32.2 Å². The van der Waals surface area contributed by atoms with Gasteiger partial charge in [0, 0.05) is 18.7 Å². The molecule has 4 nitrogen and oxygen atoms in total. The van der Waals surface area contributed by atoms with Gasteiger partial charge in [-0.15, -0.1) is 0 Å². The molecular weight excluding hydrogens is 259 g/mol. The molecule has 1 aliphatic heterocycles. The number of carbonyl (C=O) groups excluding carboxylic acids is 1. The molecule has 5 heteroatoms. The molecule has 2 N–H and O–H groups in total. The lowest BCUT2D eigenvalue weighted by Crippen LogP contribution is -2.43. The highest BCUT2D eigenvalue weighted by Crippen LogP contribution is 2.15. The van der Waals surface area contributed by atoms with Crippen LogP contribution in [-0.2, 0) is 0 Å². The van der Waals surface area contributed by atoms with E-state index in [1.54, 1.807) is 0 Å². The van der Waals surface area contributed by atoms with Crippen molar-refractivity contribution < 1.29 is 14.3 Å². The van der Waals surface area contributed by atoms with Crippen LogP contribution in [0.3, 0.4) is 0 Å². The van der Waals surface area contributed by atoms with Crippen molar-refractivity contribution in [2.24, 2.45) is 0 Å². The Morgan fingerprint density at radius 2 is 2.10 bits per heavy atom. The summed E-state index contributed by atoms with van der Waals surface area (Å²) in [6.07, 6.45) is 3.68. The number of aromatic hydroxyl groups is 1. The highest BCUT2D eigenvalue weighted by atomic mass is 19.1. The third kappa shape index (κ3) is 3.93. The van der Waals surface area contributed by atoms with Gasteiger partial charge in [-0.25, -0.2) is 4.39 Å². The van der Waals surface area contributed by atoms with Crippen LogP contribution in [0.2, 0.25) is 0 Å². The summed E-state index contributed by atoms with van der Waals surface area (Å²) in [7, 11) is 0. The van der Waals surface area contributed by atoms with Gasteiger partial charge in [0.1, 0.15) is 11.6 Å². The summed E-state index contributed by atoms with van der Waals surface area (Å²) in [5.74, 6) is -1.32. The number of hydrogen-bond acceptors (Lipinski definition) is 3. The van der Waals surface area contributed by atoms with Gasteiger partial charge < -0.3 is 15.3 Å². The molecule has 0 bridgehead atoms. The van der Waals surface area contributed by atoms with Crippen molar-refractivity contribution in [3.63, 3.8) is 0 Å². The standard InChI is InChI=1S/C15H21FN2O2/c1-11(10-18-7-3-2-4-8-18)17-15(20)13-6-5-12(19)9-14(13)16/h5-6,9,11,19H,2-4,7-8,10H2,1H3,(H,17,20). The number of phenolic OH excluding ortho intramolecular Hbond substituents is 1. The maximum absolute atomic E-state index is 13.6. The van der Waals surface area contributed by atoms with E-state index in [1.165, 1.54) is 31.4 Å². The number of likely N-dealkylation sites (tertiary alicyclic amines) is 1. The van der Waals surface area contributed by atoms with Crippen molar-refractivity contribution in [2.75, 3.05) is 19.6 Å². The summed E-state index contributed by atoms with van der Waals surface area (Å²) in [6, 6.07) is 3.53. The first kappa shape index (κ1) is 14.8. The second-order valence-corrected chi connectivity index (χ2v) is 5.40. The van der Waals surface area contributed by atoms with Gasteiger partial charge in [-0.1, -0.05) is 6.42 Å². The first-order valence-electron chi connectivity index (χ1n) is 7.08. The molecule has 0 saturated carbocycles. The third-order valence-corrected chi connectivity index (χ3v) is 3.56. The van der Waals surface area contributed by atoms with E-state index in [2.05, 4.69) is 10.2 Å². The molecule has 0 radical (unpaired) electrons. The largest absolute Gasteiger partial charge is 0.508 e. The van der Waals surface area contributed by atoms with E-state index >= 15 is 0 Å². The molecule has 0 spiro atoms. The number of phenols is 1. The van der Waals surface area contributed by atoms with Gasteiger partial charge in [-0.05, 0) is 45.0 Å². The van der Waals surface area contributed by atoms with Gasteiger partial charge >= 0.3 is 0 Å². The summed E-state index contributed by atoms with van der Waals surface area (Å²) in [4.78, 5) is 14.3. The van der Waals surface area contributed by atoms with E-state index in [-0.39, 0.29) is 17.4 Å². The van der Waals surface area contributed by atoms with Gasteiger partial charge in [0.05, 0.1) is 5.56 Å². The fourth-order valence-corrected chi connectivity index (χ4v) is 2.56. The fraction of sp³-hybridized carbons (Fsp3) is 0.533. The molecule has 0 aliphatic carbocycles. The van der Waals surface area contributed by atoms with Crippen molar-refractivity contribution >= 4 is 5.91 Å². The Hall–Kier alpha value is -1.62. The maximum Gasteiger partial charge on any atom is 0.254 e. The zero-order chi connectivity index (χ0) is 14.5. The topological polar surface area (TPSA) is 52.6 Å². The van der Waals surface area contributed by atoms with Crippen LogP contribution in [0.25, 0.3) is 0 Å². The molecule has 0 aromatic heterocycles. The lowest BCUT2D eigenvalue weighted by atomic mass is 10.1. The Labute approximate surface area is 118 Å². The summed E-state index contributed by atoms with van der Waals surface area (Å²) in [5, 5.41) is 11.9. The Morgan fingerprint density at radius 3 is 2.75 bits per heavy atom. The minimum absolute atomic E-state index is 0.0335. The Bertz CT molecular complexity index is 473. The van der Waals surface area contributed by atoms with Crippen LogP contribution >= 0.6 is 0 Å². The number of halogens is 1. The van der Waals surface area contributed by atoms with Gasteiger partial charge in [0.25, 0.3) is 5.91 Å². The predicted octanol–water partition coefficient (Wildman–Crippen LogP) is 2.14. The SMILES string of the molecule is CC(CN1CCCCC1)NC(=O)c1ccc(O)cc1F. The first-order chi connectivity index (χ1) is 9.56. The van der Waals surface area contributed by atoms with E-state index in [0.29, 0.717) is 0 Å². The molecule has 1 aromatic rings. The van der Waals surface area contributed by atoms with Gasteiger partial charge in [-0.2, -0.15) is 0 Å². The van der Waals surface area contributed by atoms with Crippen LogP contribution in [0, 0.1) is 5.82 Å². The zero-order valence-electron chi connectivity index (χ0n) is 11.7. The zero-order valence-corrected chi connectivity index (χ0v) is 11.7. The normalized spacial score (nSPS) is 17.7. The number of rotatable bonds is 4. The Balaban J connectivity index is 1.89. The summed E-state index contributed by atoms with van der Waals surface area (Å²) in [5.41, 5.74) is -0.0340. The number of nitrogens with zero attached hydrogens (tertiary/aromatic N) is 1. The van der Waals surface area contributed by atoms with E-state index in [1.807, 2.05) is 6.92 Å². The van der Waals surface area contributed by atoms with Crippen LogP contribution in [-0.4, -0.2) is 41.6 Å². The van der Waals surface area contributed by atoms with Crippen LogP contribution in [0.15, 0.2) is 18.2 Å². The van der Waals surface area contributed by atoms with E-state index in [9.17, 15) is 9.18 Å². The number of hydrogen-bond donors (Lipinski definition) is 2. The van der Waals surface area contributed by atoms with Crippen molar-refractivity contribution in [3.05, 3.63) is 29.6 Å². The number of piperidine rings is 1. The molecule has 1 saturated heterocycles. The van der Waals surface area contributed by atoms with Crippen molar-refractivity contribution in [3.8, 4) is 5.75 Å². The minimum Gasteiger partial charge on any atom is -0.508 e. The van der Waals surface area contributed by atoms with Crippen LogP contribution in [0.5, 0.6) is 5.75 Å². The quantitative estimate of drug-likeness (QED) is 0.888. The predicted molar refractivity (Wildman–Crippen MR) is 75.3 cm³/mol. The average Bonchev–Trinajstić information content (AvgIpc) is 2.39. The number of carbonyl (C=O) groups is 1. The molecule has 1 atom stereocenters. The average molecular weight is 280 g/mol. The maximum atomic E-state index is 13.6. The molecule has 1 amide bonds. The molecule has 1 unspecified atom stereocenters. The Morgan fingerprint density at radius 1 is 1.40 bits per heavy atom. The third-order valence-electron chi connectivity index (χ3n) is 3.56. The van der Waals surface area contributed by atoms with Gasteiger partial charge in [0.2, 0.25) is 0 Å². The number of benzene rings is 1. The van der Waals surface area contributed by atoms with Crippen LogP contribution in [0.4, 0.5) is 4.39 Å². The van der Waals surface area contributed by atoms with Crippen LogP contribution < -0.4 is 5.32 Å². The fourth-order valence-electron chi connectivity index (χ4n) is 2.56. The van der Waals surface area contributed by atoms with Crippen molar-refractivity contribution in [1.82, 2.24) is 10.2 Å². The molecule has 2 rings (SSSR count). The Kier molecular flexibility index (Phi) is 4.95.